The molecule has 4 rings (SSSR count). The van der Waals surface area contributed by atoms with Gasteiger partial charge in [-0.25, -0.2) is 13.2 Å². The number of hydrogen-bond acceptors (Lipinski definition) is 4. The van der Waals surface area contributed by atoms with Gasteiger partial charge in [-0.3, -0.25) is 0 Å². The van der Waals surface area contributed by atoms with Crippen LogP contribution in [-0.4, -0.2) is 48.9 Å². The molecule has 0 bridgehead atoms. The van der Waals surface area contributed by atoms with E-state index in [0.29, 0.717) is 31.1 Å². The number of aromatic nitrogens is 2. The Morgan fingerprint density at radius 2 is 1.56 bits per heavy atom. The average Bonchev–Trinajstić information content (AvgIpc) is 3.03. The van der Waals surface area contributed by atoms with Gasteiger partial charge in [-0.2, -0.15) is 4.31 Å². The number of aromatic amines is 2. The lowest BCUT2D eigenvalue weighted by Crippen LogP contribution is -2.48. The molecule has 0 unspecified atom stereocenters. The molecule has 2 heterocycles. The van der Waals surface area contributed by atoms with E-state index in [2.05, 4.69) is 14.9 Å². The second-order valence-electron chi connectivity index (χ2n) is 6.95. The van der Waals surface area contributed by atoms with Gasteiger partial charge >= 0.3 is 5.69 Å². The van der Waals surface area contributed by atoms with Crippen LogP contribution in [0.3, 0.4) is 0 Å². The second-order valence-corrected chi connectivity index (χ2v) is 8.88. The van der Waals surface area contributed by atoms with E-state index in [1.807, 2.05) is 38.1 Å². The van der Waals surface area contributed by atoms with Crippen molar-refractivity contribution in [2.45, 2.75) is 18.7 Å². The molecule has 1 fully saturated rings. The number of rotatable bonds is 3. The maximum Gasteiger partial charge on any atom is 0.323 e. The molecule has 0 radical (unpaired) electrons. The summed E-state index contributed by atoms with van der Waals surface area (Å²) in [5.74, 6) is 0. The van der Waals surface area contributed by atoms with Crippen LogP contribution >= 0.6 is 0 Å². The van der Waals surface area contributed by atoms with Gasteiger partial charge in [0.1, 0.15) is 0 Å². The van der Waals surface area contributed by atoms with Crippen LogP contribution in [0.5, 0.6) is 0 Å². The molecule has 27 heavy (non-hydrogen) atoms. The smallest absolute Gasteiger partial charge is 0.323 e. The summed E-state index contributed by atoms with van der Waals surface area (Å²) in [5, 5.41) is 0. The van der Waals surface area contributed by atoms with Gasteiger partial charge in [-0.15, -0.1) is 0 Å². The number of hydrogen-bond donors (Lipinski definition) is 2. The monoisotopic (exact) mass is 386 g/mol. The van der Waals surface area contributed by atoms with Gasteiger partial charge in [0.2, 0.25) is 10.0 Å². The van der Waals surface area contributed by atoms with Crippen molar-refractivity contribution in [1.29, 1.82) is 0 Å². The van der Waals surface area contributed by atoms with Crippen LogP contribution in [-0.2, 0) is 10.0 Å². The lowest BCUT2D eigenvalue weighted by molar-refractivity contribution is 0.385. The molecular weight excluding hydrogens is 364 g/mol. The number of piperazine rings is 1. The van der Waals surface area contributed by atoms with Crippen molar-refractivity contribution in [3.63, 3.8) is 0 Å². The van der Waals surface area contributed by atoms with Crippen LogP contribution in [0.2, 0.25) is 0 Å². The molecular formula is C19H22N4O3S. The first-order valence-corrected chi connectivity index (χ1v) is 10.3. The Labute approximate surface area is 157 Å². The van der Waals surface area contributed by atoms with E-state index < -0.39 is 10.0 Å². The van der Waals surface area contributed by atoms with Crippen LogP contribution < -0.4 is 10.6 Å². The first-order valence-electron chi connectivity index (χ1n) is 8.89. The Morgan fingerprint density at radius 1 is 0.852 bits per heavy atom. The van der Waals surface area contributed by atoms with Crippen molar-refractivity contribution in [3.8, 4) is 0 Å². The maximum atomic E-state index is 12.9. The minimum atomic E-state index is -3.48. The van der Waals surface area contributed by atoms with E-state index in [0.717, 1.165) is 27.8 Å². The molecule has 142 valence electrons. The van der Waals surface area contributed by atoms with Crippen LogP contribution in [0.4, 0.5) is 5.69 Å². The number of aryl methyl sites for hydroxylation is 2. The Kier molecular flexibility index (Phi) is 4.32. The molecule has 0 aliphatic carbocycles. The number of benzene rings is 2. The van der Waals surface area contributed by atoms with Gasteiger partial charge in [-0.05, 0) is 55.3 Å². The number of nitrogens with zero attached hydrogens (tertiary/aromatic N) is 2. The third-order valence-electron chi connectivity index (χ3n) is 5.22. The summed E-state index contributed by atoms with van der Waals surface area (Å²) in [6.45, 7) is 5.95. The number of anilines is 1. The molecule has 8 heteroatoms. The fourth-order valence-corrected chi connectivity index (χ4v) is 4.94. The molecule has 1 aliphatic heterocycles. The summed E-state index contributed by atoms with van der Waals surface area (Å²) in [7, 11) is -3.48. The molecule has 0 amide bonds. The Bertz CT molecular complexity index is 1160. The molecule has 7 nitrogen and oxygen atoms in total. The minimum absolute atomic E-state index is 0.230. The number of imidazole rings is 1. The molecule has 0 atom stereocenters. The van der Waals surface area contributed by atoms with Crippen molar-refractivity contribution < 1.29 is 8.42 Å². The van der Waals surface area contributed by atoms with E-state index in [1.165, 1.54) is 0 Å². The number of fused-ring (bicyclic) bond motifs is 1. The zero-order valence-electron chi connectivity index (χ0n) is 15.3. The Hall–Kier alpha value is -2.58. The minimum Gasteiger partial charge on any atom is -0.369 e. The zero-order valence-corrected chi connectivity index (χ0v) is 16.1. The van der Waals surface area contributed by atoms with Crippen molar-refractivity contribution in [1.82, 2.24) is 14.3 Å². The highest BCUT2D eigenvalue weighted by atomic mass is 32.2. The van der Waals surface area contributed by atoms with Crippen molar-refractivity contribution in [3.05, 3.63) is 58.0 Å². The summed E-state index contributed by atoms with van der Waals surface area (Å²) < 4.78 is 27.4. The lowest BCUT2D eigenvalue weighted by Gasteiger charge is -2.35. The summed E-state index contributed by atoms with van der Waals surface area (Å²) in [4.78, 5) is 19.4. The van der Waals surface area contributed by atoms with Gasteiger partial charge in [0, 0.05) is 31.9 Å². The molecule has 0 spiro atoms. The van der Waals surface area contributed by atoms with Crippen LogP contribution in [0.15, 0.2) is 46.1 Å². The van der Waals surface area contributed by atoms with Crippen molar-refractivity contribution in [2.75, 3.05) is 31.1 Å². The molecule has 0 saturated carbocycles. The zero-order chi connectivity index (χ0) is 19.2. The summed E-state index contributed by atoms with van der Waals surface area (Å²) in [6, 6.07) is 11.0. The maximum absolute atomic E-state index is 12.9. The van der Waals surface area contributed by atoms with E-state index in [4.69, 9.17) is 0 Å². The standard InChI is InChI=1S/C19H22N4O3S/c1-13-3-5-16(11-14(13)2)27(25,26)23-9-7-22(8-10-23)15-4-6-17-18(12-15)21-19(24)20-17/h3-6,11-12H,7-10H2,1-2H3,(H2,20,21,24). The SMILES string of the molecule is Cc1ccc(S(=O)(=O)N2CCN(c3ccc4[nH]c(=O)[nH]c4c3)CC2)cc1C. The van der Waals surface area contributed by atoms with Gasteiger partial charge in [0.25, 0.3) is 0 Å². The van der Waals surface area contributed by atoms with Gasteiger partial charge in [0.15, 0.2) is 0 Å². The van der Waals surface area contributed by atoms with E-state index >= 15 is 0 Å². The molecule has 3 aromatic rings. The van der Waals surface area contributed by atoms with Crippen LogP contribution in [0, 0.1) is 13.8 Å². The van der Waals surface area contributed by atoms with Crippen molar-refractivity contribution in [2.24, 2.45) is 0 Å². The highest BCUT2D eigenvalue weighted by Crippen LogP contribution is 2.24. The number of nitrogens with one attached hydrogen (secondary N) is 2. The van der Waals surface area contributed by atoms with Gasteiger partial charge in [-0.1, -0.05) is 6.07 Å². The Balaban J connectivity index is 1.51. The van der Waals surface area contributed by atoms with Crippen LogP contribution in [0.25, 0.3) is 11.0 Å². The predicted molar refractivity (Wildman–Crippen MR) is 106 cm³/mol. The highest BCUT2D eigenvalue weighted by Gasteiger charge is 2.28. The first kappa shape index (κ1) is 17.8. The average molecular weight is 386 g/mol. The van der Waals surface area contributed by atoms with Gasteiger partial charge in [0.05, 0.1) is 15.9 Å². The Morgan fingerprint density at radius 3 is 2.26 bits per heavy atom. The summed E-state index contributed by atoms with van der Waals surface area (Å²) in [5.41, 5.74) is 4.32. The number of H-pyrrole nitrogens is 2. The molecule has 1 saturated heterocycles. The predicted octanol–water partition coefficient (Wildman–Crippen LogP) is 1.98. The quantitative estimate of drug-likeness (QED) is 0.720. The fraction of sp³-hybridized carbons (Fsp3) is 0.316. The third-order valence-corrected chi connectivity index (χ3v) is 7.11. The largest absolute Gasteiger partial charge is 0.369 e. The summed E-state index contributed by atoms with van der Waals surface area (Å²) in [6.07, 6.45) is 0. The van der Waals surface area contributed by atoms with E-state index in [9.17, 15) is 13.2 Å². The van der Waals surface area contributed by atoms with Crippen molar-refractivity contribution >= 4 is 26.7 Å². The second kappa shape index (κ2) is 6.54. The molecule has 1 aliphatic rings. The molecule has 1 aromatic heterocycles. The number of sulfonamides is 1. The lowest BCUT2D eigenvalue weighted by atomic mass is 10.1. The first-order chi connectivity index (χ1) is 12.8. The molecule has 2 N–H and O–H groups in total. The van der Waals surface area contributed by atoms with E-state index in [1.54, 1.807) is 16.4 Å². The normalized spacial score (nSPS) is 16.1. The van der Waals surface area contributed by atoms with E-state index in [-0.39, 0.29) is 5.69 Å². The fourth-order valence-electron chi connectivity index (χ4n) is 3.43. The highest BCUT2D eigenvalue weighted by molar-refractivity contribution is 7.89. The molecule has 2 aromatic carbocycles. The third kappa shape index (κ3) is 3.26. The van der Waals surface area contributed by atoms with Crippen LogP contribution in [0.1, 0.15) is 11.1 Å². The topological polar surface area (TPSA) is 89.3 Å². The summed E-state index contributed by atoms with van der Waals surface area (Å²) >= 11 is 0. The van der Waals surface area contributed by atoms with Gasteiger partial charge < -0.3 is 14.9 Å².